The maximum absolute atomic E-state index is 13.4. The molecule has 6 heteroatoms. The molecule has 1 aromatic carbocycles. The molecule has 5 aliphatic carbocycles. The lowest BCUT2D eigenvalue weighted by Crippen LogP contribution is -2.67. The van der Waals surface area contributed by atoms with E-state index in [1.54, 1.807) is 25.1 Å². The fourth-order valence-corrected chi connectivity index (χ4v) is 13.0. The van der Waals surface area contributed by atoms with E-state index in [2.05, 4.69) is 48.1 Å². The zero-order valence-electron chi connectivity index (χ0n) is 29.2. The maximum Gasteiger partial charge on any atom is 0.339 e. The van der Waals surface area contributed by atoms with Crippen LogP contribution in [0.1, 0.15) is 133 Å². The van der Waals surface area contributed by atoms with Gasteiger partial charge in [-0.05, 0) is 129 Å². The molecule has 252 valence electrons. The van der Waals surface area contributed by atoms with Crippen LogP contribution in [-0.2, 0) is 14.3 Å². The standard InChI is InChI=1S/C40H56O6/c1-24(2)26-15-20-40(23-45-25(3)41)22-21-38(7)29(33(26)40)13-14-31-37(6)18-17-32(36(4,5)30(37)16-19-39(31,38)8)46-35(44)28-12-10-9-11-27(28)34(42)43/h9-12,26,29-33H,1,13-23H2,2-8H3,(H,42,43)/t26-,29-,30+,31+,32+,33-,37-,38-,39-,40-/m1/s1. The van der Waals surface area contributed by atoms with Gasteiger partial charge in [-0.1, -0.05) is 58.9 Å². The van der Waals surface area contributed by atoms with Gasteiger partial charge in [0.25, 0.3) is 0 Å². The zero-order chi connectivity index (χ0) is 33.4. The summed E-state index contributed by atoms with van der Waals surface area (Å²) in [6, 6.07) is 6.37. The molecule has 1 aromatic rings. The molecule has 0 bridgehead atoms. The minimum absolute atomic E-state index is 0.00935. The molecule has 0 radical (unpaired) electrons. The first-order valence-electron chi connectivity index (χ1n) is 17.8. The van der Waals surface area contributed by atoms with Crippen molar-refractivity contribution in [2.45, 2.75) is 119 Å². The van der Waals surface area contributed by atoms with E-state index in [0.717, 1.165) is 44.9 Å². The van der Waals surface area contributed by atoms with Crippen molar-refractivity contribution in [2.24, 2.45) is 56.7 Å². The Balaban J connectivity index is 1.27. The highest BCUT2D eigenvalue weighted by atomic mass is 16.5. The maximum atomic E-state index is 13.4. The predicted molar refractivity (Wildman–Crippen MR) is 178 cm³/mol. The van der Waals surface area contributed by atoms with Crippen LogP contribution in [0.15, 0.2) is 36.4 Å². The van der Waals surface area contributed by atoms with Gasteiger partial charge in [-0.15, -0.1) is 0 Å². The molecule has 0 heterocycles. The van der Waals surface area contributed by atoms with Crippen LogP contribution in [0, 0.1) is 56.7 Å². The Morgan fingerprint density at radius 2 is 1.52 bits per heavy atom. The molecule has 0 spiro atoms. The summed E-state index contributed by atoms with van der Waals surface area (Å²) in [6.45, 7) is 21.1. The average Bonchev–Trinajstić information content (AvgIpc) is 3.38. The number of esters is 2. The molecule has 0 aromatic heterocycles. The lowest BCUT2D eigenvalue weighted by atomic mass is 9.32. The van der Waals surface area contributed by atoms with E-state index < -0.39 is 11.9 Å². The number of ether oxygens (including phenoxy) is 2. The normalized spacial score (nSPS) is 42.4. The summed E-state index contributed by atoms with van der Waals surface area (Å²) >= 11 is 0. The van der Waals surface area contributed by atoms with Gasteiger partial charge in [-0.3, -0.25) is 4.79 Å². The van der Waals surface area contributed by atoms with Gasteiger partial charge in [0.2, 0.25) is 0 Å². The second kappa shape index (κ2) is 11.2. The van der Waals surface area contributed by atoms with Crippen LogP contribution in [0.2, 0.25) is 0 Å². The van der Waals surface area contributed by atoms with E-state index in [1.807, 2.05) is 0 Å². The van der Waals surface area contributed by atoms with Crippen molar-refractivity contribution < 1.29 is 29.0 Å². The van der Waals surface area contributed by atoms with Crippen LogP contribution in [0.25, 0.3) is 0 Å². The summed E-state index contributed by atoms with van der Waals surface area (Å²) < 4.78 is 12.0. The van der Waals surface area contributed by atoms with E-state index in [0.29, 0.717) is 36.2 Å². The van der Waals surface area contributed by atoms with Gasteiger partial charge < -0.3 is 14.6 Å². The van der Waals surface area contributed by atoms with Crippen molar-refractivity contribution in [2.75, 3.05) is 6.61 Å². The summed E-state index contributed by atoms with van der Waals surface area (Å²) in [4.78, 5) is 37.2. The fraction of sp³-hybridized carbons (Fsp3) is 0.725. The van der Waals surface area contributed by atoms with Crippen LogP contribution < -0.4 is 0 Å². The smallest absolute Gasteiger partial charge is 0.339 e. The molecule has 46 heavy (non-hydrogen) atoms. The Kier molecular flexibility index (Phi) is 8.12. The van der Waals surface area contributed by atoms with Gasteiger partial charge in [0.15, 0.2) is 0 Å². The Hall–Kier alpha value is -2.63. The molecule has 6 nitrogen and oxygen atoms in total. The number of benzene rings is 1. The fourth-order valence-electron chi connectivity index (χ4n) is 13.0. The van der Waals surface area contributed by atoms with Crippen molar-refractivity contribution in [3.63, 3.8) is 0 Å². The number of carbonyl (C=O) groups excluding carboxylic acids is 2. The van der Waals surface area contributed by atoms with E-state index >= 15 is 0 Å². The number of hydrogen-bond acceptors (Lipinski definition) is 5. The third-order valence-electron chi connectivity index (χ3n) is 15.4. The van der Waals surface area contributed by atoms with Crippen molar-refractivity contribution in [3.05, 3.63) is 47.5 Å². The number of carboxylic acid groups (broad SMARTS) is 1. The molecule has 10 atom stereocenters. The Morgan fingerprint density at radius 1 is 0.826 bits per heavy atom. The van der Waals surface area contributed by atoms with Crippen molar-refractivity contribution in [1.82, 2.24) is 0 Å². The number of carbonyl (C=O) groups is 3. The number of allylic oxidation sites excluding steroid dienone is 1. The SMILES string of the molecule is C=C(C)[C@H]1CC[C@]2(COC(C)=O)CC[C@]3(C)[C@H](CC[C@H]4[C@]5(C)CC[C@H](OC(=O)c6ccccc6C(=O)O)C(C)(C)[C@@H]5CC[C@]43C)[C@@H]12. The first kappa shape index (κ1) is 33.3. The molecule has 0 unspecified atom stereocenters. The third-order valence-corrected chi connectivity index (χ3v) is 15.4. The number of rotatable bonds is 6. The minimum Gasteiger partial charge on any atom is -0.478 e. The highest BCUT2D eigenvalue weighted by Crippen LogP contribution is 2.77. The quantitative estimate of drug-likeness (QED) is 0.249. The lowest BCUT2D eigenvalue weighted by Gasteiger charge is -2.73. The van der Waals surface area contributed by atoms with Crippen LogP contribution >= 0.6 is 0 Å². The predicted octanol–water partition coefficient (Wildman–Crippen LogP) is 9.13. The van der Waals surface area contributed by atoms with Gasteiger partial charge in [0, 0.05) is 17.8 Å². The topological polar surface area (TPSA) is 89.9 Å². The second-order valence-electron chi connectivity index (χ2n) is 17.4. The molecule has 1 N–H and O–H groups in total. The molecule has 5 fully saturated rings. The molecule has 0 amide bonds. The van der Waals surface area contributed by atoms with E-state index in [1.165, 1.54) is 30.9 Å². The molecule has 6 rings (SSSR count). The monoisotopic (exact) mass is 632 g/mol. The van der Waals surface area contributed by atoms with Crippen molar-refractivity contribution in [1.29, 1.82) is 0 Å². The Morgan fingerprint density at radius 3 is 2.17 bits per heavy atom. The number of fused-ring (bicyclic) bond motifs is 7. The summed E-state index contributed by atoms with van der Waals surface area (Å²) in [7, 11) is 0. The highest BCUT2D eigenvalue weighted by molar-refractivity contribution is 6.02. The van der Waals surface area contributed by atoms with Gasteiger partial charge in [0.05, 0.1) is 17.7 Å². The second-order valence-corrected chi connectivity index (χ2v) is 17.4. The summed E-state index contributed by atoms with van der Waals surface area (Å²) in [5.74, 6) is 0.747. The lowest BCUT2D eigenvalue weighted by molar-refractivity contribution is -0.249. The van der Waals surface area contributed by atoms with Crippen LogP contribution in [0.4, 0.5) is 0 Å². The Bertz CT molecular complexity index is 1430. The number of carboxylic acids is 1. The summed E-state index contributed by atoms with van der Waals surface area (Å²) in [5, 5.41) is 9.67. The minimum atomic E-state index is -1.11. The number of hydrogen-bond donors (Lipinski definition) is 1. The van der Waals surface area contributed by atoms with E-state index in [4.69, 9.17) is 9.47 Å². The molecule has 5 aliphatic rings. The van der Waals surface area contributed by atoms with Crippen LogP contribution in [0.3, 0.4) is 0 Å². The largest absolute Gasteiger partial charge is 0.478 e. The first-order valence-corrected chi connectivity index (χ1v) is 17.8. The summed E-state index contributed by atoms with van der Waals surface area (Å²) in [5.41, 5.74) is 1.75. The Labute approximate surface area is 276 Å². The van der Waals surface area contributed by atoms with Crippen LogP contribution in [0.5, 0.6) is 0 Å². The third kappa shape index (κ3) is 4.73. The van der Waals surface area contributed by atoms with Gasteiger partial charge in [0.1, 0.15) is 6.10 Å². The van der Waals surface area contributed by atoms with Crippen molar-refractivity contribution in [3.8, 4) is 0 Å². The number of aromatic carboxylic acids is 1. The van der Waals surface area contributed by atoms with Gasteiger partial charge >= 0.3 is 17.9 Å². The van der Waals surface area contributed by atoms with Gasteiger partial charge in [-0.25, -0.2) is 9.59 Å². The van der Waals surface area contributed by atoms with E-state index in [9.17, 15) is 19.5 Å². The zero-order valence-corrected chi connectivity index (χ0v) is 29.2. The molecule has 0 saturated heterocycles. The molecular formula is C40H56O6. The molecule has 0 aliphatic heterocycles. The molecule has 5 saturated carbocycles. The first-order chi connectivity index (χ1) is 21.5. The highest BCUT2D eigenvalue weighted by Gasteiger charge is 2.71. The van der Waals surface area contributed by atoms with Crippen molar-refractivity contribution >= 4 is 17.9 Å². The van der Waals surface area contributed by atoms with E-state index in [-0.39, 0.29) is 50.3 Å². The molecular weight excluding hydrogens is 576 g/mol. The summed E-state index contributed by atoms with van der Waals surface area (Å²) in [6.07, 6.45) is 10.8. The van der Waals surface area contributed by atoms with Gasteiger partial charge in [-0.2, -0.15) is 0 Å². The van der Waals surface area contributed by atoms with Crippen LogP contribution in [-0.4, -0.2) is 35.7 Å². The average molecular weight is 633 g/mol.